The van der Waals surface area contributed by atoms with Crippen LogP contribution in [0.25, 0.3) is 0 Å². The molecule has 1 nitrogen and oxygen atoms in total. The summed E-state index contributed by atoms with van der Waals surface area (Å²) in [5.41, 5.74) is 0. The molecule has 0 aromatic rings. The second-order valence-electron chi connectivity index (χ2n) is 3.64. The Hall–Kier alpha value is -0.250. The van der Waals surface area contributed by atoms with Crippen LogP contribution in [0.5, 0.6) is 0 Å². The van der Waals surface area contributed by atoms with Gasteiger partial charge in [-0.25, -0.2) is 0 Å². The fraction of sp³-hybridized carbons (Fsp3) is 1.00. The van der Waals surface area contributed by atoms with E-state index in [0.29, 0.717) is 6.54 Å². The summed E-state index contributed by atoms with van der Waals surface area (Å²) in [5, 5.41) is 0. The third kappa shape index (κ3) is 3.55. The van der Waals surface area contributed by atoms with Crippen molar-refractivity contribution in [2.75, 3.05) is 13.1 Å². The lowest BCUT2D eigenvalue weighted by atomic mass is 10.0. The van der Waals surface area contributed by atoms with Crippen molar-refractivity contribution in [3.8, 4) is 0 Å². The molecule has 1 atom stereocenters. The molecule has 0 N–H and O–H groups in total. The minimum atomic E-state index is -4.04. The third-order valence-electron chi connectivity index (χ3n) is 2.60. The highest BCUT2D eigenvalue weighted by atomic mass is 19.4. The molecule has 0 amide bonds. The minimum Gasteiger partial charge on any atom is -0.292 e. The Balaban J connectivity index is 2.45. The number of halogens is 3. The van der Waals surface area contributed by atoms with E-state index in [2.05, 4.69) is 0 Å². The second-order valence-corrected chi connectivity index (χ2v) is 3.64. The highest BCUT2D eigenvalue weighted by Crippen LogP contribution is 2.24. The molecule has 1 aliphatic rings. The van der Waals surface area contributed by atoms with Crippen LogP contribution in [0.2, 0.25) is 0 Å². The Bertz CT molecular complexity index is 155. The average molecular weight is 195 g/mol. The number of hydrogen-bond donors (Lipinski definition) is 0. The van der Waals surface area contributed by atoms with Gasteiger partial charge in [-0.2, -0.15) is 13.2 Å². The molecule has 0 aromatic carbocycles. The van der Waals surface area contributed by atoms with Crippen LogP contribution in [0.3, 0.4) is 0 Å². The van der Waals surface area contributed by atoms with E-state index in [9.17, 15) is 13.2 Å². The summed E-state index contributed by atoms with van der Waals surface area (Å²) in [4.78, 5) is 1.57. The first kappa shape index (κ1) is 10.8. The van der Waals surface area contributed by atoms with Gasteiger partial charge in [-0.05, 0) is 25.8 Å². The molecule has 0 aliphatic carbocycles. The van der Waals surface area contributed by atoms with E-state index >= 15 is 0 Å². The van der Waals surface area contributed by atoms with Crippen LogP contribution in [0, 0.1) is 0 Å². The molecule has 4 heteroatoms. The van der Waals surface area contributed by atoms with Gasteiger partial charge in [-0.1, -0.05) is 13.3 Å². The van der Waals surface area contributed by atoms with Gasteiger partial charge in [0.05, 0.1) is 6.54 Å². The zero-order chi connectivity index (χ0) is 9.90. The first-order chi connectivity index (χ1) is 6.03. The van der Waals surface area contributed by atoms with E-state index in [0.717, 1.165) is 25.7 Å². The lowest BCUT2D eigenvalue weighted by Gasteiger charge is -2.35. The maximum Gasteiger partial charge on any atom is 0.401 e. The van der Waals surface area contributed by atoms with Crippen LogP contribution in [-0.4, -0.2) is 30.2 Å². The first-order valence-electron chi connectivity index (χ1n) is 4.83. The fourth-order valence-corrected chi connectivity index (χ4v) is 1.96. The molecule has 1 rings (SSSR count). The Kier molecular flexibility index (Phi) is 3.59. The largest absolute Gasteiger partial charge is 0.401 e. The fourth-order valence-electron chi connectivity index (χ4n) is 1.96. The quantitative estimate of drug-likeness (QED) is 0.655. The summed E-state index contributed by atoms with van der Waals surface area (Å²) < 4.78 is 36.3. The summed E-state index contributed by atoms with van der Waals surface area (Å²) in [6, 6.07) is 0.148. The van der Waals surface area contributed by atoms with Crippen LogP contribution >= 0.6 is 0 Å². The number of alkyl halides is 3. The molecule has 0 saturated carbocycles. The molecule has 1 unspecified atom stereocenters. The van der Waals surface area contributed by atoms with Gasteiger partial charge in [0, 0.05) is 6.04 Å². The number of rotatable bonds is 2. The van der Waals surface area contributed by atoms with Gasteiger partial charge in [0.2, 0.25) is 0 Å². The predicted octanol–water partition coefficient (Wildman–Crippen LogP) is 2.81. The van der Waals surface area contributed by atoms with Gasteiger partial charge < -0.3 is 0 Å². The monoisotopic (exact) mass is 195 g/mol. The molecule has 0 radical (unpaired) electrons. The van der Waals surface area contributed by atoms with Crippen molar-refractivity contribution < 1.29 is 13.2 Å². The predicted molar refractivity (Wildman–Crippen MR) is 45.6 cm³/mol. The van der Waals surface area contributed by atoms with Crippen molar-refractivity contribution >= 4 is 0 Å². The zero-order valence-corrected chi connectivity index (χ0v) is 7.90. The normalized spacial score (nSPS) is 26.3. The topological polar surface area (TPSA) is 3.24 Å². The highest BCUT2D eigenvalue weighted by molar-refractivity contribution is 4.77. The van der Waals surface area contributed by atoms with Gasteiger partial charge >= 0.3 is 6.18 Å². The second kappa shape index (κ2) is 4.31. The van der Waals surface area contributed by atoms with E-state index in [4.69, 9.17) is 0 Å². The third-order valence-corrected chi connectivity index (χ3v) is 2.60. The molecule has 13 heavy (non-hydrogen) atoms. The summed E-state index contributed by atoms with van der Waals surface area (Å²) in [7, 11) is 0. The van der Waals surface area contributed by atoms with Gasteiger partial charge in [-0.15, -0.1) is 0 Å². The average Bonchev–Trinajstić information content (AvgIpc) is 2.02. The Labute approximate surface area is 76.9 Å². The lowest BCUT2D eigenvalue weighted by molar-refractivity contribution is -0.153. The van der Waals surface area contributed by atoms with Gasteiger partial charge in [0.25, 0.3) is 0 Å². The van der Waals surface area contributed by atoms with Gasteiger partial charge in [0.1, 0.15) is 0 Å². The standard InChI is InChI=1S/C9H16F3N/c1-2-8-5-3-4-6-13(8)7-9(10,11)12/h8H,2-7H2,1H3. The van der Waals surface area contributed by atoms with E-state index in [-0.39, 0.29) is 6.04 Å². The van der Waals surface area contributed by atoms with Crippen molar-refractivity contribution in [1.82, 2.24) is 4.90 Å². The number of likely N-dealkylation sites (tertiary alicyclic amines) is 1. The molecule has 0 bridgehead atoms. The van der Waals surface area contributed by atoms with Crippen molar-refractivity contribution in [2.24, 2.45) is 0 Å². The minimum absolute atomic E-state index is 0.148. The van der Waals surface area contributed by atoms with E-state index in [1.54, 1.807) is 4.90 Å². The number of piperidine rings is 1. The maximum atomic E-state index is 12.1. The molecule has 78 valence electrons. The molecule has 1 saturated heterocycles. The lowest BCUT2D eigenvalue weighted by Crippen LogP contribution is -2.44. The SMILES string of the molecule is CCC1CCCCN1CC(F)(F)F. The van der Waals surface area contributed by atoms with Crippen LogP contribution in [0.15, 0.2) is 0 Å². The molecule has 0 spiro atoms. The number of nitrogens with zero attached hydrogens (tertiary/aromatic N) is 1. The van der Waals surface area contributed by atoms with E-state index in [1.807, 2.05) is 6.92 Å². The summed E-state index contributed by atoms with van der Waals surface area (Å²) >= 11 is 0. The van der Waals surface area contributed by atoms with Crippen molar-refractivity contribution in [3.05, 3.63) is 0 Å². The Morgan fingerprint density at radius 1 is 1.31 bits per heavy atom. The van der Waals surface area contributed by atoms with Crippen molar-refractivity contribution in [1.29, 1.82) is 0 Å². The maximum absolute atomic E-state index is 12.1. The summed E-state index contributed by atoms with van der Waals surface area (Å²) in [5.74, 6) is 0. The molecule has 0 aromatic heterocycles. The van der Waals surface area contributed by atoms with Crippen LogP contribution in [-0.2, 0) is 0 Å². The summed E-state index contributed by atoms with van der Waals surface area (Å²) in [6.07, 6.45) is -0.299. The van der Waals surface area contributed by atoms with Crippen LogP contribution < -0.4 is 0 Å². The summed E-state index contributed by atoms with van der Waals surface area (Å²) in [6.45, 7) is 1.84. The smallest absolute Gasteiger partial charge is 0.292 e. The number of hydrogen-bond acceptors (Lipinski definition) is 1. The van der Waals surface area contributed by atoms with Crippen LogP contribution in [0.1, 0.15) is 32.6 Å². The Morgan fingerprint density at radius 2 is 2.00 bits per heavy atom. The van der Waals surface area contributed by atoms with Crippen molar-refractivity contribution in [3.63, 3.8) is 0 Å². The van der Waals surface area contributed by atoms with Gasteiger partial charge in [-0.3, -0.25) is 4.90 Å². The first-order valence-corrected chi connectivity index (χ1v) is 4.83. The highest BCUT2D eigenvalue weighted by Gasteiger charge is 2.34. The Morgan fingerprint density at radius 3 is 2.54 bits per heavy atom. The molecule has 1 heterocycles. The molecule has 1 fully saturated rings. The van der Waals surface area contributed by atoms with Crippen molar-refractivity contribution in [2.45, 2.75) is 44.8 Å². The molecule has 1 aliphatic heterocycles. The molecular weight excluding hydrogens is 179 g/mol. The molecular formula is C9H16F3N. The van der Waals surface area contributed by atoms with E-state index in [1.165, 1.54) is 0 Å². The van der Waals surface area contributed by atoms with E-state index < -0.39 is 12.7 Å². The van der Waals surface area contributed by atoms with Crippen LogP contribution in [0.4, 0.5) is 13.2 Å². The zero-order valence-electron chi connectivity index (χ0n) is 7.90. The van der Waals surface area contributed by atoms with Gasteiger partial charge in [0.15, 0.2) is 0 Å².